The van der Waals surface area contributed by atoms with Gasteiger partial charge in [0.25, 0.3) is 11.8 Å². The van der Waals surface area contributed by atoms with Crippen LogP contribution in [0.5, 0.6) is 0 Å². The number of benzene rings is 1. The molecule has 1 heterocycles. The van der Waals surface area contributed by atoms with E-state index in [0.29, 0.717) is 17.5 Å². The van der Waals surface area contributed by atoms with Crippen LogP contribution in [-0.4, -0.2) is 30.9 Å². The number of carbonyl (C=O) groups excluding carboxylic acids is 2. The smallest absolute Gasteiger partial charge is 0.265 e. The Morgan fingerprint density at radius 2 is 1.25 bits per heavy atom. The van der Waals surface area contributed by atoms with Crippen molar-refractivity contribution in [3.8, 4) is 0 Å². The van der Waals surface area contributed by atoms with Crippen molar-refractivity contribution in [3.63, 3.8) is 0 Å². The van der Waals surface area contributed by atoms with Crippen molar-refractivity contribution in [1.82, 2.24) is 4.90 Å². The molecular formula is C22H31NO4S. The highest BCUT2D eigenvalue weighted by Gasteiger charge is 2.33. The van der Waals surface area contributed by atoms with Crippen LogP contribution >= 0.6 is 0 Å². The number of carbonyl (C=O) groups is 2. The number of hydrogen-bond donors (Lipinski definition) is 0. The summed E-state index contributed by atoms with van der Waals surface area (Å²) in [6, 6.07) is 6.50. The number of rotatable bonds is 13. The molecule has 0 spiro atoms. The lowest BCUT2D eigenvalue weighted by Crippen LogP contribution is -2.24. The summed E-state index contributed by atoms with van der Waals surface area (Å²) in [5, 5.41) is 0.989. The molecule has 1 aromatic rings. The molecule has 0 saturated heterocycles. The number of hydrogen-bond acceptors (Lipinski definition) is 4. The minimum absolute atomic E-state index is 0.0448. The van der Waals surface area contributed by atoms with E-state index in [0.717, 1.165) is 35.8 Å². The number of nitrogens with zero attached hydrogens (tertiary/aromatic N) is 1. The molecule has 0 saturated carbocycles. The average molecular weight is 406 g/mol. The topological polar surface area (TPSA) is 71.5 Å². The van der Waals surface area contributed by atoms with Gasteiger partial charge in [-0.15, -0.1) is 0 Å². The Morgan fingerprint density at radius 3 is 1.75 bits per heavy atom. The summed E-state index contributed by atoms with van der Waals surface area (Å²) in [6.07, 6.45) is 12.4. The molecule has 0 bridgehead atoms. The fourth-order valence-corrected chi connectivity index (χ4v) is 4.41. The maximum absolute atomic E-state index is 12.2. The normalized spacial score (nSPS) is 14.2. The van der Waals surface area contributed by atoms with Gasteiger partial charge in [0, 0.05) is 11.6 Å². The van der Waals surface area contributed by atoms with Gasteiger partial charge in [-0.1, -0.05) is 76.8 Å². The maximum atomic E-state index is 12.2. The number of amides is 2. The summed E-state index contributed by atoms with van der Waals surface area (Å²) in [7, 11) is -3.44. The zero-order chi connectivity index (χ0) is 20.4. The molecule has 1 aliphatic rings. The minimum atomic E-state index is -3.44. The molecule has 5 nitrogen and oxygen atoms in total. The van der Waals surface area contributed by atoms with Crippen molar-refractivity contribution < 1.29 is 18.0 Å². The Balaban J connectivity index is 1.69. The van der Waals surface area contributed by atoms with Crippen LogP contribution in [0.3, 0.4) is 0 Å². The van der Waals surface area contributed by atoms with Crippen LogP contribution in [0.15, 0.2) is 35.9 Å². The summed E-state index contributed by atoms with van der Waals surface area (Å²) < 4.78 is 24.3. The van der Waals surface area contributed by atoms with Gasteiger partial charge in [0.15, 0.2) is 9.84 Å². The fourth-order valence-electron chi connectivity index (χ4n) is 3.36. The van der Waals surface area contributed by atoms with E-state index in [1.165, 1.54) is 38.5 Å². The van der Waals surface area contributed by atoms with E-state index >= 15 is 0 Å². The van der Waals surface area contributed by atoms with Crippen molar-refractivity contribution in [3.05, 3.63) is 47.0 Å². The van der Waals surface area contributed by atoms with E-state index in [1.807, 2.05) is 0 Å². The van der Waals surface area contributed by atoms with E-state index in [-0.39, 0.29) is 5.75 Å². The molecule has 2 amide bonds. The molecule has 0 atom stereocenters. The molecule has 0 fully saturated rings. The second kappa shape index (κ2) is 11.1. The first-order chi connectivity index (χ1) is 13.5. The zero-order valence-electron chi connectivity index (χ0n) is 16.7. The third kappa shape index (κ3) is 6.59. The molecule has 0 radical (unpaired) electrons. The van der Waals surface area contributed by atoms with Crippen molar-refractivity contribution in [2.75, 3.05) is 5.75 Å². The highest BCUT2D eigenvalue weighted by atomic mass is 32.2. The third-order valence-corrected chi connectivity index (χ3v) is 6.42. The summed E-state index contributed by atoms with van der Waals surface area (Å²) in [5.74, 6) is -0.916. The summed E-state index contributed by atoms with van der Waals surface area (Å²) >= 11 is 0. The standard InChI is InChI=1S/C22H31NO4S/c1-2-3-4-5-6-7-8-9-10-13-17-28(26,27)18-16-23-21(24)19-14-11-12-15-20(19)22(23)25/h11-12,14-16,18H,2-10,13,17H2,1H3/b18-16+. The minimum Gasteiger partial charge on any atom is -0.268 e. The molecule has 0 unspecified atom stereocenters. The van der Waals surface area contributed by atoms with Gasteiger partial charge >= 0.3 is 0 Å². The van der Waals surface area contributed by atoms with Gasteiger partial charge in [-0.05, 0) is 18.6 Å². The summed E-state index contributed by atoms with van der Waals surface area (Å²) in [4.78, 5) is 25.3. The highest BCUT2D eigenvalue weighted by Crippen LogP contribution is 2.22. The van der Waals surface area contributed by atoms with Crippen LogP contribution in [0.2, 0.25) is 0 Å². The molecule has 0 aliphatic carbocycles. The second-order valence-corrected chi connectivity index (χ2v) is 9.37. The highest BCUT2D eigenvalue weighted by molar-refractivity contribution is 7.94. The zero-order valence-corrected chi connectivity index (χ0v) is 17.5. The predicted octanol–water partition coefficient (Wildman–Crippen LogP) is 5.09. The van der Waals surface area contributed by atoms with Crippen LogP contribution in [0.1, 0.15) is 91.8 Å². The van der Waals surface area contributed by atoms with Crippen LogP contribution in [0.25, 0.3) is 0 Å². The first-order valence-corrected chi connectivity index (χ1v) is 12.1. The van der Waals surface area contributed by atoms with E-state index in [2.05, 4.69) is 6.92 Å². The molecule has 2 rings (SSSR count). The maximum Gasteiger partial charge on any atom is 0.265 e. The fraction of sp³-hybridized carbons (Fsp3) is 0.545. The van der Waals surface area contributed by atoms with Crippen molar-refractivity contribution in [1.29, 1.82) is 0 Å². The number of sulfone groups is 1. The lowest BCUT2D eigenvalue weighted by Gasteiger charge is -2.07. The SMILES string of the molecule is CCCCCCCCCCCCS(=O)(=O)/C=C/N1C(=O)c2ccccc2C1=O. The van der Waals surface area contributed by atoms with Crippen molar-refractivity contribution in [2.24, 2.45) is 0 Å². The van der Waals surface area contributed by atoms with Gasteiger partial charge in [0.1, 0.15) is 0 Å². The first-order valence-electron chi connectivity index (χ1n) is 10.3. The Labute approximate surface area is 168 Å². The van der Waals surface area contributed by atoms with Gasteiger partial charge in [-0.25, -0.2) is 13.3 Å². The van der Waals surface area contributed by atoms with E-state index < -0.39 is 21.7 Å². The second-order valence-electron chi connectivity index (χ2n) is 7.36. The Kier molecular flexibility index (Phi) is 8.90. The number of unbranched alkanes of at least 4 members (excludes halogenated alkanes) is 9. The molecule has 0 N–H and O–H groups in total. The molecule has 154 valence electrons. The molecule has 28 heavy (non-hydrogen) atoms. The molecule has 1 aliphatic heterocycles. The van der Waals surface area contributed by atoms with Crippen molar-refractivity contribution >= 4 is 21.7 Å². The van der Waals surface area contributed by atoms with Crippen LogP contribution < -0.4 is 0 Å². The van der Waals surface area contributed by atoms with Crippen LogP contribution in [0, 0.1) is 0 Å². The van der Waals surface area contributed by atoms with E-state index in [1.54, 1.807) is 24.3 Å². The lowest BCUT2D eigenvalue weighted by molar-refractivity contribution is 0.0722. The molecule has 1 aromatic carbocycles. The summed E-state index contributed by atoms with van der Waals surface area (Å²) in [5.41, 5.74) is 0.619. The van der Waals surface area contributed by atoms with Gasteiger partial charge in [-0.2, -0.15) is 0 Å². The lowest BCUT2D eigenvalue weighted by atomic mass is 10.1. The first kappa shape index (κ1) is 22.3. The number of fused-ring (bicyclic) bond motifs is 1. The Bertz CT molecular complexity index is 764. The average Bonchev–Trinajstić information content (AvgIpc) is 2.92. The summed E-state index contributed by atoms with van der Waals surface area (Å²) in [6.45, 7) is 2.21. The van der Waals surface area contributed by atoms with Gasteiger partial charge in [-0.3, -0.25) is 9.59 Å². The number of imide groups is 1. The molecule has 6 heteroatoms. The van der Waals surface area contributed by atoms with E-state index in [9.17, 15) is 18.0 Å². The predicted molar refractivity (Wildman–Crippen MR) is 112 cm³/mol. The Hall–Kier alpha value is -1.95. The van der Waals surface area contributed by atoms with Gasteiger partial charge in [0.2, 0.25) is 0 Å². The van der Waals surface area contributed by atoms with Crippen LogP contribution in [0.4, 0.5) is 0 Å². The monoisotopic (exact) mass is 405 g/mol. The largest absolute Gasteiger partial charge is 0.268 e. The molecule has 0 aromatic heterocycles. The van der Waals surface area contributed by atoms with Crippen LogP contribution in [-0.2, 0) is 9.84 Å². The van der Waals surface area contributed by atoms with Gasteiger partial charge in [0.05, 0.1) is 16.9 Å². The van der Waals surface area contributed by atoms with E-state index in [4.69, 9.17) is 0 Å². The quantitative estimate of drug-likeness (QED) is 0.338. The van der Waals surface area contributed by atoms with Gasteiger partial charge < -0.3 is 0 Å². The Morgan fingerprint density at radius 1 is 0.786 bits per heavy atom. The van der Waals surface area contributed by atoms with Crippen molar-refractivity contribution in [2.45, 2.75) is 71.1 Å². The molecular weight excluding hydrogens is 374 g/mol. The third-order valence-electron chi connectivity index (χ3n) is 5.03.